The van der Waals surface area contributed by atoms with Crippen LogP contribution in [0.15, 0.2) is 6.07 Å². The molecule has 0 unspecified atom stereocenters. The van der Waals surface area contributed by atoms with Crippen LogP contribution in [0.25, 0.3) is 0 Å². The molecule has 0 N–H and O–H groups in total. The van der Waals surface area contributed by atoms with Gasteiger partial charge in [0.2, 0.25) is 0 Å². The summed E-state index contributed by atoms with van der Waals surface area (Å²) >= 11 is 4.91. The summed E-state index contributed by atoms with van der Waals surface area (Å²) in [4.78, 5) is 3.92. The lowest BCUT2D eigenvalue weighted by Gasteiger charge is -2.14. The van der Waals surface area contributed by atoms with Gasteiger partial charge >= 0.3 is 6.36 Å². The molecule has 0 amide bonds. The Balaban J connectivity index is 3.27. The number of hydrogen-bond acceptors (Lipinski definition) is 3. The summed E-state index contributed by atoms with van der Waals surface area (Å²) in [7, 11) is 0. The summed E-state index contributed by atoms with van der Waals surface area (Å²) < 4.78 is 41.1. The normalized spacial score (nSPS) is 11.1. The van der Waals surface area contributed by atoms with E-state index < -0.39 is 12.1 Å². The first-order chi connectivity index (χ1) is 7.87. The van der Waals surface area contributed by atoms with Crippen LogP contribution in [0.3, 0.4) is 0 Å². The first-order valence-corrected chi connectivity index (χ1v) is 6.44. The molecule has 0 saturated heterocycles. The number of pyridine rings is 1. The molecule has 0 radical (unpaired) electrons. The maximum atomic E-state index is 12.2. The minimum Gasteiger partial charge on any atom is -0.403 e. The Morgan fingerprint density at radius 1 is 1.53 bits per heavy atom. The van der Waals surface area contributed by atoms with Gasteiger partial charge in [-0.2, -0.15) is 5.26 Å². The number of alkyl halides is 4. The fraction of sp³-hybridized carbons (Fsp3) is 0.333. The molecule has 17 heavy (non-hydrogen) atoms. The number of halogens is 5. The summed E-state index contributed by atoms with van der Waals surface area (Å²) in [5, 5.41) is 8.69. The van der Waals surface area contributed by atoms with E-state index in [9.17, 15) is 13.2 Å². The van der Waals surface area contributed by atoms with Crippen LogP contribution in [0.4, 0.5) is 13.2 Å². The summed E-state index contributed by atoms with van der Waals surface area (Å²) in [6.45, 7) is 0. The van der Waals surface area contributed by atoms with Crippen molar-refractivity contribution in [3.63, 3.8) is 0 Å². The minimum atomic E-state index is -4.80. The molecular weight excluding hydrogens is 416 g/mol. The fourth-order valence-corrected chi connectivity index (χ4v) is 2.20. The largest absolute Gasteiger partial charge is 0.573 e. The van der Waals surface area contributed by atoms with Crippen LogP contribution in [0.1, 0.15) is 11.3 Å². The third-order valence-electron chi connectivity index (χ3n) is 1.70. The standard InChI is InChI=1S/C9H5BrF3IN2O/c10-4-6-8(17-9(11,12)13)5(1-2-15)3-7(14)16-6/h3H,1,4H2. The average Bonchev–Trinajstić information content (AvgIpc) is 2.20. The lowest BCUT2D eigenvalue weighted by molar-refractivity contribution is -0.275. The topological polar surface area (TPSA) is 45.9 Å². The Hall–Kier alpha value is -0.560. The highest BCUT2D eigenvalue weighted by Gasteiger charge is 2.33. The highest BCUT2D eigenvalue weighted by atomic mass is 127. The van der Waals surface area contributed by atoms with Crippen LogP contribution in [0, 0.1) is 15.0 Å². The summed E-state index contributed by atoms with van der Waals surface area (Å²) in [6.07, 6.45) is -4.96. The number of rotatable bonds is 3. The summed E-state index contributed by atoms with van der Waals surface area (Å²) in [5.41, 5.74) is 0.304. The second kappa shape index (κ2) is 5.86. The van der Waals surface area contributed by atoms with Crippen molar-refractivity contribution in [1.29, 1.82) is 5.26 Å². The number of aromatic nitrogens is 1. The van der Waals surface area contributed by atoms with E-state index in [-0.39, 0.29) is 23.0 Å². The third-order valence-corrected chi connectivity index (χ3v) is 2.79. The molecule has 0 aromatic carbocycles. The molecule has 92 valence electrons. The van der Waals surface area contributed by atoms with Gasteiger partial charge in [0.1, 0.15) is 3.70 Å². The van der Waals surface area contributed by atoms with Crippen molar-refractivity contribution in [2.45, 2.75) is 18.1 Å². The van der Waals surface area contributed by atoms with E-state index in [0.717, 1.165) is 0 Å². The smallest absolute Gasteiger partial charge is 0.403 e. The molecule has 1 heterocycles. The van der Waals surface area contributed by atoms with Crippen LogP contribution in [0.2, 0.25) is 0 Å². The first kappa shape index (κ1) is 14.5. The average molecular weight is 421 g/mol. The molecule has 1 aromatic heterocycles. The molecule has 0 bridgehead atoms. The Morgan fingerprint density at radius 2 is 2.18 bits per heavy atom. The second-order valence-corrected chi connectivity index (χ2v) is 4.56. The molecule has 0 spiro atoms. The molecule has 0 aliphatic heterocycles. The highest BCUT2D eigenvalue weighted by molar-refractivity contribution is 14.1. The van der Waals surface area contributed by atoms with Crippen LogP contribution in [0.5, 0.6) is 5.75 Å². The minimum absolute atomic E-state index is 0.119. The van der Waals surface area contributed by atoms with E-state index in [0.29, 0.717) is 3.70 Å². The van der Waals surface area contributed by atoms with Crippen molar-refractivity contribution in [2.75, 3.05) is 0 Å². The summed E-state index contributed by atoms with van der Waals surface area (Å²) in [6, 6.07) is 3.19. The Labute approximate surface area is 117 Å². The summed E-state index contributed by atoms with van der Waals surface area (Å²) in [5.74, 6) is -0.392. The molecule has 1 aromatic rings. The zero-order chi connectivity index (χ0) is 13.1. The van der Waals surface area contributed by atoms with Crippen molar-refractivity contribution >= 4 is 38.5 Å². The lowest BCUT2D eigenvalue weighted by atomic mass is 10.1. The van der Waals surface area contributed by atoms with E-state index >= 15 is 0 Å². The molecule has 0 aliphatic rings. The Bertz CT molecular complexity index is 459. The monoisotopic (exact) mass is 420 g/mol. The predicted molar refractivity (Wildman–Crippen MR) is 65.6 cm³/mol. The zero-order valence-electron chi connectivity index (χ0n) is 8.18. The van der Waals surface area contributed by atoms with E-state index in [1.807, 2.05) is 22.6 Å². The van der Waals surface area contributed by atoms with Gasteiger partial charge in [0, 0.05) is 10.9 Å². The van der Waals surface area contributed by atoms with Crippen LogP contribution in [-0.4, -0.2) is 11.3 Å². The van der Waals surface area contributed by atoms with Crippen molar-refractivity contribution in [3.8, 4) is 11.8 Å². The molecule has 3 nitrogen and oxygen atoms in total. The quantitative estimate of drug-likeness (QED) is 0.427. The highest BCUT2D eigenvalue weighted by Crippen LogP contribution is 2.31. The second-order valence-electron chi connectivity index (χ2n) is 2.90. The van der Waals surface area contributed by atoms with Gasteiger partial charge in [-0.3, -0.25) is 0 Å². The number of hydrogen-bond donors (Lipinski definition) is 0. The molecule has 0 atom stereocenters. The molecular formula is C9H5BrF3IN2O. The third kappa shape index (κ3) is 4.31. The Kier molecular flexibility index (Phi) is 5.00. The van der Waals surface area contributed by atoms with Crippen LogP contribution in [-0.2, 0) is 11.8 Å². The zero-order valence-corrected chi connectivity index (χ0v) is 11.9. The van der Waals surface area contributed by atoms with E-state index in [4.69, 9.17) is 5.26 Å². The first-order valence-electron chi connectivity index (χ1n) is 4.24. The maximum Gasteiger partial charge on any atom is 0.573 e. The number of nitrogens with zero attached hydrogens (tertiary/aromatic N) is 2. The van der Waals surface area contributed by atoms with E-state index in [1.54, 1.807) is 6.07 Å². The number of ether oxygens (including phenoxy) is 1. The van der Waals surface area contributed by atoms with Crippen molar-refractivity contribution in [2.24, 2.45) is 0 Å². The van der Waals surface area contributed by atoms with Crippen molar-refractivity contribution < 1.29 is 17.9 Å². The van der Waals surface area contributed by atoms with Crippen molar-refractivity contribution in [1.82, 2.24) is 4.98 Å². The van der Waals surface area contributed by atoms with Crippen LogP contribution >= 0.6 is 38.5 Å². The van der Waals surface area contributed by atoms with E-state index in [2.05, 4.69) is 25.7 Å². The van der Waals surface area contributed by atoms with Gasteiger partial charge in [-0.05, 0) is 28.7 Å². The lowest BCUT2D eigenvalue weighted by Crippen LogP contribution is -2.19. The van der Waals surface area contributed by atoms with Gasteiger partial charge in [0.15, 0.2) is 5.75 Å². The molecule has 8 heteroatoms. The van der Waals surface area contributed by atoms with Gasteiger partial charge in [-0.25, -0.2) is 4.98 Å². The molecule has 0 fully saturated rings. The van der Waals surface area contributed by atoms with Gasteiger partial charge in [-0.15, -0.1) is 13.2 Å². The molecule has 0 aliphatic carbocycles. The van der Waals surface area contributed by atoms with Crippen LogP contribution < -0.4 is 4.74 Å². The fourth-order valence-electron chi connectivity index (χ4n) is 1.15. The van der Waals surface area contributed by atoms with Crippen molar-refractivity contribution in [3.05, 3.63) is 21.0 Å². The van der Waals surface area contributed by atoms with Gasteiger partial charge < -0.3 is 4.74 Å². The van der Waals surface area contributed by atoms with Gasteiger partial charge in [-0.1, -0.05) is 15.9 Å². The SMILES string of the molecule is N#CCc1cc(I)nc(CBr)c1OC(F)(F)F. The van der Waals surface area contributed by atoms with E-state index in [1.165, 1.54) is 6.07 Å². The molecule has 1 rings (SSSR count). The maximum absolute atomic E-state index is 12.2. The van der Waals surface area contributed by atoms with Gasteiger partial charge in [0.25, 0.3) is 0 Å². The predicted octanol–water partition coefficient (Wildman–Crippen LogP) is 3.55. The Morgan fingerprint density at radius 3 is 2.65 bits per heavy atom. The number of nitriles is 1. The van der Waals surface area contributed by atoms with Gasteiger partial charge in [0.05, 0.1) is 18.2 Å². The molecule has 0 saturated carbocycles.